The molecular weight excluding hydrogens is 851 g/mol. The Bertz CT molecular complexity index is 4080. The van der Waals surface area contributed by atoms with Crippen molar-refractivity contribution < 1.29 is 8.78 Å². The Morgan fingerprint density at radius 3 is 1.18 bits per heavy atom. The van der Waals surface area contributed by atoms with Crippen LogP contribution in [0.3, 0.4) is 0 Å². The van der Waals surface area contributed by atoms with Crippen LogP contribution in [0.1, 0.15) is 50.7 Å². The molecule has 0 aliphatic carbocycles. The van der Waals surface area contributed by atoms with Crippen LogP contribution in [-0.4, -0.2) is 9.13 Å². The molecule has 6 heteroatoms. The molecule has 0 spiro atoms. The monoisotopic (exact) mass is 892 g/mol. The number of rotatable bonds is 6. The summed E-state index contributed by atoms with van der Waals surface area (Å²) >= 11 is 3.63. The van der Waals surface area contributed by atoms with Gasteiger partial charge in [-0.05, 0) is 71.5 Å². The Hall–Kier alpha value is -7.12. The maximum atomic E-state index is 17.3. The van der Waals surface area contributed by atoms with Crippen molar-refractivity contribution in [2.75, 3.05) is 0 Å². The minimum absolute atomic E-state index is 0.104. The van der Waals surface area contributed by atoms with Crippen LogP contribution >= 0.6 is 22.7 Å². The average Bonchev–Trinajstić information content (AvgIpc) is 4.08. The van der Waals surface area contributed by atoms with Gasteiger partial charge in [0.2, 0.25) is 0 Å². The highest BCUT2D eigenvalue weighted by Crippen LogP contribution is 2.55. The molecule has 9 aromatic carbocycles. The molecule has 0 atom stereocenters. The topological polar surface area (TPSA) is 9.86 Å². The van der Waals surface area contributed by atoms with E-state index in [1.807, 2.05) is 35.6 Å². The predicted molar refractivity (Wildman–Crippen MR) is 280 cm³/mol. The highest BCUT2D eigenvalue weighted by atomic mass is 32.1. The Morgan fingerprint density at radius 2 is 0.742 bits per heavy atom. The highest BCUT2D eigenvalue weighted by molar-refractivity contribution is 7.27. The van der Waals surface area contributed by atoms with Gasteiger partial charge < -0.3 is 9.13 Å². The van der Waals surface area contributed by atoms with E-state index >= 15 is 8.78 Å². The van der Waals surface area contributed by atoms with Crippen LogP contribution in [0.2, 0.25) is 0 Å². The summed E-state index contributed by atoms with van der Waals surface area (Å²) in [5.41, 5.74) is 10.3. The standard InChI is InChI=1S/C60H42F2N2S2/c1-33(2)51-55(39-19-5-11-23-43(39)61)58(64-46-26-14-8-22-42(46)54-48(64)32-30-38-36-18-10-16-28-50(36)66-60(38)54)56(40-20-6-12-24-44(40)62)52(34(3)4)57(51)63-45-25-13-7-21-41(45)53-47(63)31-29-37-35-17-9-15-27-49(35)65-59(37)53/h5-34H,1-4H3. The lowest BCUT2D eigenvalue weighted by Gasteiger charge is -2.32. The van der Waals surface area contributed by atoms with E-state index in [9.17, 15) is 0 Å². The molecule has 2 nitrogen and oxygen atoms in total. The predicted octanol–water partition coefficient (Wildman–Crippen LogP) is 18.5. The molecule has 13 aromatic rings. The second-order valence-electron chi connectivity index (χ2n) is 18.1. The first-order valence-corrected chi connectivity index (χ1v) is 24.3. The molecule has 66 heavy (non-hydrogen) atoms. The van der Waals surface area contributed by atoms with Gasteiger partial charge in [-0.25, -0.2) is 8.78 Å². The average molecular weight is 893 g/mol. The van der Waals surface area contributed by atoms with E-state index in [2.05, 4.69) is 158 Å². The summed E-state index contributed by atoms with van der Waals surface area (Å²) in [7, 11) is 0. The Kier molecular flexibility index (Phi) is 8.74. The van der Waals surface area contributed by atoms with Crippen LogP contribution in [0.4, 0.5) is 8.78 Å². The van der Waals surface area contributed by atoms with E-state index in [-0.39, 0.29) is 23.5 Å². The molecule has 4 aromatic heterocycles. The molecule has 0 saturated heterocycles. The first kappa shape index (κ1) is 39.3. The Morgan fingerprint density at radius 1 is 0.364 bits per heavy atom. The molecule has 0 fully saturated rings. The van der Waals surface area contributed by atoms with Gasteiger partial charge >= 0.3 is 0 Å². The second-order valence-corrected chi connectivity index (χ2v) is 20.2. The van der Waals surface area contributed by atoms with Crippen molar-refractivity contribution in [3.8, 4) is 33.6 Å². The van der Waals surface area contributed by atoms with Crippen molar-refractivity contribution in [2.45, 2.75) is 39.5 Å². The fourth-order valence-corrected chi connectivity index (χ4v) is 13.7. The number of aromatic nitrogens is 2. The first-order valence-electron chi connectivity index (χ1n) is 22.7. The van der Waals surface area contributed by atoms with Crippen LogP contribution in [0.15, 0.2) is 170 Å². The fraction of sp³-hybridized carbons (Fsp3) is 0.100. The third kappa shape index (κ3) is 5.43. The molecule has 318 valence electrons. The summed E-state index contributed by atoms with van der Waals surface area (Å²) in [6, 6.07) is 57.8. The summed E-state index contributed by atoms with van der Waals surface area (Å²) in [4.78, 5) is 0. The lowest BCUT2D eigenvalue weighted by atomic mass is 9.79. The van der Waals surface area contributed by atoms with Crippen molar-refractivity contribution in [1.82, 2.24) is 9.13 Å². The lowest BCUT2D eigenvalue weighted by molar-refractivity contribution is 0.630. The summed E-state index contributed by atoms with van der Waals surface area (Å²) in [6.45, 7) is 8.91. The van der Waals surface area contributed by atoms with Crippen LogP contribution in [0.5, 0.6) is 0 Å². The number of nitrogens with zero attached hydrogens (tertiary/aromatic N) is 2. The van der Waals surface area contributed by atoms with E-state index in [0.717, 1.165) is 71.9 Å². The van der Waals surface area contributed by atoms with Gasteiger partial charge in [-0.15, -0.1) is 22.7 Å². The number of thiophene rings is 2. The maximum Gasteiger partial charge on any atom is 0.131 e. The Balaban J connectivity index is 1.31. The zero-order chi connectivity index (χ0) is 44.5. The van der Waals surface area contributed by atoms with Crippen LogP contribution in [0.25, 0.3) is 118 Å². The molecule has 0 bridgehead atoms. The molecule has 0 unspecified atom stereocenters. The SMILES string of the molecule is CC(C)c1c(-c2ccccc2F)c(-n2c3ccccc3c3c4sc5ccccc5c4ccc32)c(-c2ccccc2F)c(C(C)C)c1-n1c2ccccc2c2c3sc4ccccc4c3ccc21. The molecule has 0 N–H and O–H groups in total. The van der Waals surface area contributed by atoms with Gasteiger partial charge in [-0.3, -0.25) is 0 Å². The fourth-order valence-electron chi connectivity index (χ4n) is 11.2. The lowest BCUT2D eigenvalue weighted by Crippen LogP contribution is -2.15. The van der Waals surface area contributed by atoms with Gasteiger partial charge in [0.25, 0.3) is 0 Å². The van der Waals surface area contributed by atoms with E-state index < -0.39 is 0 Å². The van der Waals surface area contributed by atoms with Crippen molar-refractivity contribution in [3.05, 3.63) is 193 Å². The zero-order valence-electron chi connectivity index (χ0n) is 36.8. The van der Waals surface area contributed by atoms with Crippen LogP contribution in [-0.2, 0) is 0 Å². The van der Waals surface area contributed by atoms with Gasteiger partial charge in [0.1, 0.15) is 11.6 Å². The van der Waals surface area contributed by atoms with Crippen LogP contribution in [0, 0.1) is 11.6 Å². The number of fused-ring (bicyclic) bond motifs is 14. The highest BCUT2D eigenvalue weighted by Gasteiger charge is 2.35. The smallest absolute Gasteiger partial charge is 0.131 e. The summed E-state index contributed by atoms with van der Waals surface area (Å²) in [6.07, 6.45) is 0. The van der Waals surface area contributed by atoms with Gasteiger partial charge in [0, 0.05) is 84.1 Å². The molecule has 13 rings (SSSR count). The number of para-hydroxylation sites is 2. The minimum atomic E-state index is -0.328. The van der Waals surface area contributed by atoms with Gasteiger partial charge in [-0.1, -0.05) is 149 Å². The number of hydrogen-bond donors (Lipinski definition) is 0. The van der Waals surface area contributed by atoms with Gasteiger partial charge in [0.15, 0.2) is 0 Å². The zero-order valence-corrected chi connectivity index (χ0v) is 38.4. The molecule has 0 radical (unpaired) electrons. The summed E-state index contributed by atoms with van der Waals surface area (Å²) in [5.74, 6) is -0.866. The maximum absolute atomic E-state index is 17.3. The van der Waals surface area contributed by atoms with Crippen LogP contribution < -0.4 is 0 Å². The van der Waals surface area contributed by atoms with E-state index in [4.69, 9.17) is 0 Å². The largest absolute Gasteiger partial charge is 0.309 e. The quantitative estimate of drug-likeness (QED) is 0.157. The van der Waals surface area contributed by atoms with E-state index in [1.54, 1.807) is 35.6 Å². The van der Waals surface area contributed by atoms with E-state index in [1.165, 1.54) is 45.7 Å². The number of benzene rings is 9. The van der Waals surface area contributed by atoms with Gasteiger partial charge in [0.05, 0.1) is 33.4 Å². The third-order valence-corrected chi connectivity index (χ3v) is 16.2. The number of halogens is 2. The minimum Gasteiger partial charge on any atom is -0.309 e. The molecule has 0 amide bonds. The molecule has 4 heterocycles. The first-order chi connectivity index (χ1) is 32.3. The normalized spacial score (nSPS) is 12.4. The van der Waals surface area contributed by atoms with Crippen molar-refractivity contribution >= 4 is 107 Å². The number of hydrogen-bond acceptors (Lipinski definition) is 2. The summed E-state index contributed by atoms with van der Waals surface area (Å²) in [5, 5.41) is 9.47. The third-order valence-electron chi connectivity index (χ3n) is 13.8. The van der Waals surface area contributed by atoms with E-state index in [0.29, 0.717) is 11.1 Å². The second kappa shape index (κ2) is 14.7. The summed E-state index contributed by atoms with van der Waals surface area (Å²) < 4.78 is 44.4. The Labute approximate surface area is 388 Å². The molecule has 0 aliphatic heterocycles. The van der Waals surface area contributed by atoms with Crippen molar-refractivity contribution in [2.24, 2.45) is 0 Å². The van der Waals surface area contributed by atoms with Crippen molar-refractivity contribution in [1.29, 1.82) is 0 Å². The van der Waals surface area contributed by atoms with Crippen molar-refractivity contribution in [3.63, 3.8) is 0 Å². The molecular formula is C60H42F2N2S2. The molecule has 0 aliphatic rings. The van der Waals surface area contributed by atoms with Gasteiger partial charge in [-0.2, -0.15) is 0 Å². The molecule has 0 saturated carbocycles.